The van der Waals surface area contributed by atoms with Gasteiger partial charge in [-0.15, -0.1) is 0 Å². The average Bonchev–Trinajstić information content (AvgIpc) is 3.28. The Balaban J connectivity index is 1.64. The maximum atomic E-state index is 12.5. The summed E-state index contributed by atoms with van der Waals surface area (Å²) in [6, 6.07) is 8.50. The standard InChI is InChI=1S/C20H28N4O/c1-13-18(11-22-24(13)5)23-19(25)15-8-6-7-14(9-15)16-10-17(16)21-12-20(2,3)4/h6-9,11,16-17,21H,10,12H2,1-5H3,(H,23,25)/t16-,17+/m0/s1. The summed E-state index contributed by atoms with van der Waals surface area (Å²) in [4.78, 5) is 12.5. The van der Waals surface area contributed by atoms with Crippen LogP contribution >= 0.6 is 0 Å². The number of benzene rings is 1. The van der Waals surface area contributed by atoms with Crippen molar-refractivity contribution in [1.29, 1.82) is 0 Å². The van der Waals surface area contributed by atoms with Gasteiger partial charge in [0.15, 0.2) is 0 Å². The van der Waals surface area contributed by atoms with E-state index in [9.17, 15) is 4.79 Å². The molecule has 0 spiro atoms. The molecule has 0 radical (unpaired) electrons. The Hall–Kier alpha value is -2.14. The Kier molecular flexibility index (Phi) is 4.69. The first-order valence-corrected chi connectivity index (χ1v) is 8.88. The number of carbonyl (C=O) groups is 1. The normalized spacial score (nSPS) is 19.7. The quantitative estimate of drug-likeness (QED) is 0.876. The van der Waals surface area contributed by atoms with Crippen LogP contribution in [0.25, 0.3) is 0 Å². The van der Waals surface area contributed by atoms with Crippen molar-refractivity contribution in [2.24, 2.45) is 12.5 Å². The van der Waals surface area contributed by atoms with E-state index in [1.807, 2.05) is 32.2 Å². The van der Waals surface area contributed by atoms with Crippen LogP contribution in [0.1, 0.15) is 54.7 Å². The van der Waals surface area contributed by atoms with Crippen molar-refractivity contribution in [2.75, 3.05) is 11.9 Å². The molecule has 2 aromatic rings. The molecular formula is C20H28N4O. The second kappa shape index (κ2) is 6.64. The van der Waals surface area contributed by atoms with Gasteiger partial charge in [-0.25, -0.2) is 0 Å². The van der Waals surface area contributed by atoms with Gasteiger partial charge >= 0.3 is 0 Å². The summed E-state index contributed by atoms with van der Waals surface area (Å²) < 4.78 is 1.75. The van der Waals surface area contributed by atoms with E-state index in [1.165, 1.54) is 5.56 Å². The van der Waals surface area contributed by atoms with Crippen molar-refractivity contribution in [3.63, 3.8) is 0 Å². The van der Waals surface area contributed by atoms with Crippen LogP contribution in [-0.2, 0) is 7.05 Å². The second-order valence-electron chi connectivity index (χ2n) is 8.24. The molecule has 1 amide bonds. The van der Waals surface area contributed by atoms with Crippen molar-refractivity contribution < 1.29 is 4.79 Å². The predicted octanol–water partition coefficient (Wildman–Crippen LogP) is 3.47. The summed E-state index contributed by atoms with van der Waals surface area (Å²) in [7, 11) is 1.86. The highest BCUT2D eigenvalue weighted by atomic mass is 16.1. The van der Waals surface area contributed by atoms with E-state index in [0.717, 1.165) is 24.3 Å². The van der Waals surface area contributed by atoms with Gasteiger partial charge in [0.05, 0.1) is 17.6 Å². The molecule has 0 bridgehead atoms. The fourth-order valence-corrected chi connectivity index (χ4v) is 2.95. The SMILES string of the molecule is Cc1c(NC(=O)c2cccc([C@@H]3C[C@H]3NCC(C)(C)C)c2)cnn1C. The summed E-state index contributed by atoms with van der Waals surface area (Å²) in [5, 5.41) is 10.7. The van der Waals surface area contributed by atoms with Gasteiger partial charge in [0.1, 0.15) is 0 Å². The molecule has 1 heterocycles. The number of amides is 1. The Labute approximate surface area is 149 Å². The van der Waals surface area contributed by atoms with E-state index in [-0.39, 0.29) is 11.3 Å². The first-order valence-electron chi connectivity index (χ1n) is 8.88. The molecule has 0 unspecified atom stereocenters. The Morgan fingerprint density at radius 1 is 1.36 bits per heavy atom. The predicted molar refractivity (Wildman–Crippen MR) is 101 cm³/mol. The molecule has 0 aliphatic heterocycles. The highest BCUT2D eigenvalue weighted by Crippen LogP contribution is 2.41. The van der Waals surface area contributed by atoms with Crippen molar-refractivity contribution in [1.82, 2.24) is 15.1 Å². The van der Waals surface area contributed by atoms with Crippen LogP contribution in [0, 0.1) is 12.3 Å². The summed E-state index contributed by atoms with van der Waals surface area (Å²) in [6.45, 7) is 9.66. The molecule has 25 heavy (non-hydrogen) atoms. The van der Waals surface area contributed by atoms with Crippen LogP contribution in [0.4, 0.5) is 5.69 Å². The topological polar surface area (TPSA) is 59.0 Å². The molecule has 0 saturated heterocycles. The maximum Gasteiger partial charge on any atom is 0.255 e. The molecule has 5 heteroatoms. The number of rotatable bonds is 5. The number of hydrogen-bond donors (Lipinski definition) is 2. The molecule has 1 aromatic carbocycles. The summed E-state index contributed by atoms with van der Waals surface area (Å²) in [6.07, 6.45) is 2.83. The molecule has 2 N–H and O–H groups in total. The highest BCUT2D eigenvalue weighted by Gasteiger charge is 2.38. The molecule has 5 nitrogen and oxygen atoms in total. The van der Waals surface area contributed by atoms with Crippen LogP contribution in [0.3, 0.4) is 0 Å². The van der Waals surface area contributed by atoms with Crippen LogP contribution < -0.4 is 10.6 Å². The summed E-state index contributed by atoms with van der Waals surface area (Å²) >= 11 is 0. The van der Waals surface area contributed by atoms with Crippen molar-refractivity contribution >= 4 is 11.6 Å². The zero-order valence-corrected chi connectivity index (χ0v) is 15.8. The number of carbonyl (C=O) groups excluding carboxylic acids is 1. The molecule has 134 valence electrons. The minimum atomic E-state index is -0.0854. The summed E-state index contributed by atoms with van der Waals surface area (Å²) in [5.74, 6) is 0.424. The van der Waals surface area contributed by atoms with Gasteiger partial charge in [0, 0.05) is 31.1 Å². The van der Waals surface area contributed by atoms with Crippen molar-refractivity contribution in [2.45, 2.75) is 46.1 Å². The van der Waals surface area contributed by atoms with Crippen LogP contribution in [0.2, 0.25) is 0 Å². The Morgan fingerprint density at radius 2 is 2.12 bits per heavy atom. The molecule has 1 saturated carbocycles. The minimum absolute atomic E-state index is 0.0854. The van der Waals surface area contributed by atoms with E-state index < -0.39 is 0 Å². The lowest BCUT2D eigenvalue weighted by molar-refractivity contribution is 0.102. The van der Waals surface area contributed by atoms with E-state index in [2.05, 4.69) is 42.6 Å². The smallest absolute Gasteiger partial charge is 0.255 e. The molecule has 2 atom stereocenters. The van der Waals surface area contributed by atoms with E-state index >= 15 is 0 Å². The third-order valence-electron chi connectivity index (χ3n) is 4.75. The van der Waals surface area contributed by atoms with Crippen LogP contribution in [0.15, 0.2) is 30.5 Å². The van der Waals surface area contributed by atoms with E-state index in [0.29, 0.717) is 17.5 Å². The lowest BCUT2D eigenvalue weighted by atomic mass is 9.97. The molecule has 3 rings (SSSR count). The number of aryl methyl sites for hydroxylation is 1. The van der Waals surface area contributed by atoms with Gasteiger partial charge in [0.2, 0.25) is 0 Å². The number of hydrogen-bond acceptors (Lipinski definition) is 3. The third kappa shape index (κ3) is 4.28. The van der Waals surface area contributed by atoms with Gasteiger partial charge in [0.25, 0.3) is 5.91 Å². The number of nitrogens with zero attached hydrogens (tertiary/aromatic N) is 2. The van der Waals surface area contributed by atoms with Crippen molar-refractivity contribution in [3.8, 4) is 0 Å². The lowest BCUT2D eigenvalue weighted by Gasteiger charge is -2.18. The maximum absolute atomic E-state index is 12.5. The monoisotopic (exact) mass is 340 g/mol. The van der Waals surface area contributed by atoms with Gasteiger partial charge < -0.3 is 10.6 Å². The highest BCUT2D eigenvalue weighted by molar-refractivity contribution is 6.04. The largest absolute Gasteiger partial charge is 0.319 e. The Morgan fingerprint density at radius 3 is 2.76 bits per heavy atom. The lowest BCUT2D eigenvalue weighted by Crippen LogP contribution is -2.29. The molecule has 1 aromatic heterocycles. The minimum Gasteiger partial charge on any atom is -0.319 e. The third-order valence-corrected chi connectivity index (χ3v) is 4.75. The van der Waals surface area contributed by atoms with Crippen LogP contribution in [0.5, 0.6) is 0 Å². The van der Waals surface area contributed by atoms with Gasteiger partial charge in [-0.05, 0) is 36.5 Å². The first-order chi connectivity index (χ1) is 11.7. The first kappa shape index (κ1) is 17.7. The number of anilines is 1. The van der Waals surface area contributed by atoms with Gasteiger partial charge in [-0.3, -0.25) is 9.48 Å². The molecule has 1 aliphatic carbocycles. The van der Waals surface area contributed by atoms with Gasteiger partial charge in [-0.1, -0.05) is 32.9 Å². The zero-order chi connectivity index (χ0) is 18.2. The van der Waals surface area contributed by atoms with E-state index in [1.54, 1.807) is 10.9 Å². The zero-order valence-electron chi connectivity index (χ0n) is 15.8. The van der Waals surface area contributed by atoms with E-state index in [4.69, 9.17) is 0 Å². The number of nitrogens with one attached hydrogen (secondary N) is 2. The number of aromatic nitrogens is 2. The fraction of sp³-hybridized carbons (Fsp3) is 0.500. The molecule has 1 fully saturated rings. The van der Waals surface area contributed by atoms with Crippen molar-refractivity contribution in [3.05, 3.63) is 47.3 Å². The Bertz CT molecular complexity index is 772. The summed E-state index contributed by atoms with van der Waals surface area (Å²) in [5.41, 5.74) is 3.92. The van der Waals surface area contributed by atoms with Crippen LogP contribution in [-0.4, -0.2) is 28.3 Å². The fourth-order valence-electron chi connectivity index (χ4n) is 2.95. The molecular weight excluding hydrogens is 312 g/mol. The second-order valence-corrected chi connectivity index (χ2v) is 8.24. The van der Waals surface area contributed by atoms with Gasteiger partial charge in [-0.2, -0.15) is 5.10 Å². The molecule has 1 aliphatic rings. The average molecular weight is 340 g/mol.